The third-order valence-corrected chi connectivity index (χ3v) is 2.52. The van der Waals surface area contributed by atoms with Crippen LogP contribution in [-0.2, 0) is 10.2 Å². The summed E-state index contributed by atoms with van der Waals surface area (Å²) in [5.41, 5.74) is 1.38. The van der Waals surface area contributed by atoms with Crippen molar-refractivity contribution in [2.24, 2.45) is 0 Å². The molecular weight excluding hydrogens is 188 g/mol. The number of epoxide rings is 1. The van der Waals surface area contributed by atoms with Crippen LogP contribution in [0.25, 0.3) is 0 Å². The van der Waals surface area contributed by atoms with Crippen molar-refractivity contribution in [1.82, 2.24) is 0 Å². The number of benzene rings is 1. The molecule has 1 heterocycles. The summed E-state index contributed by atoms with van der Waals surface area (Å²) in [6.07, 6.45) is 0.318. The van der Waals surface area contributed by atoms with E-state index in [2.05, 4.69) is 32.9 Å². The second-order valence-corrected chi connectivity index (χ2v) is 5.01. The van der Waals surface area contributed by atoms with E-state index >= 15 is 0 Å². The van der Waals surface area contributed by atoms with Crippen LogP contribution < -0.4 is 4.74 Å². The van der Waals surface area contributed by atoms with Crippen LogP contribution in [0.5, 0.6) is 5.75 Å². The van der Waals surface area contributed by atoms with Crippen LogP contribution in [0.4, 0.5) is 0 Å². The minimum Gasteiger partial charge on any atom is -0.490 e. The number of ether oxygens (including phenoxy) is 2. The molecule has 1 aliphatic rings. The van der Waals surface area contributed by atoms with Crippen molar-refractivity contribution in [2.75, 3.05) is 13.2 Å². The number of para-hydroxylation sites is 1. The fourth-order valence-electron chi connectivity index (χ4n) is 1.56. The van der Waals surface area contributed by atoms with Crippen molar-refractivity contribution in [3.8, 4) is 5.75 Å². The zero-order valence-corrected chi connectivity index (χ0v) is 9.62. The lowest BCUT2D eigenvalue weighted by Crippen LogP contribution is -2.14. The van der Waals surface area contributed by atoms with Gasteiger partial charge in [0.2, 0.25) is 0 Å². The van der Waals surface area contributed by atoms with Gasteiger partial charge in [0.25, 0.3) is 0 Å². The summed E-state index contributed by atoms with van der Waals surface area (Å²) < 4.78 is 10.9. The Labute approximate surface area is 91.2 Å². The molecule has 1 aromatic rings. The first kappa shape index (κ1) is 10.5. The summed E-state index contributed by atoms with van der Waals surface area (Å²) in [4.78, 5) is 0. The predicted molar refractivity (Wildman–Crippen MR) is 60.4 cm³/mol. The fourth-order valence-corrected chi connectivity index (χ4v) is 1.56. The molecule has 0 radical (unpaired) electrons. The van der Waals surface area contributed by atoms with Gasteiger partial charge in [-0.05, 0) is 17.0 Å². The van der Waals surface area contributed by atoms with Gasteiger partial charge in [-0.3, -0.25) is 0 Å². The topological polar surface area (TPSA) is 21.8 Å². The molecule has 15 heavy (non-hydrogen) atoms. The van der Waals surface area contributed by atoms with Crippen molar-refractivity contribution in [3.05, 3.63) is 29.8 Å². The van der Waals surface area contributed by atoms with E-state index in [-0.39, 0.29) is 5.41 Å². The SMILES string of the molecule is CC(C)(C)c1ccccc1OC[C@H]1CO1. The standard InChI is InChI=1S/C13H18O2/c1-13(2,3)11-6-4-5-7-12(11)15-9-10-8-14-10/h4-7,10H,8-9H2,1-3H3/t10-/m1/s1. The largest absolute Gasteiger partial charge is 0.490 e. The summed E-state index contributed by atoms with van der Waals surface area (Å²) in [6.45, 7) is 8.11. The average Bonchev–Trinajstić information content (AvgIpc) is 2.97. The monoisotopic (exact) mass is 206 g/mol. The highest BCUT2D eigenvalue weighted by molar-refractivity contribution is 5.38. The van der Waals surface area contributed by atoms with Crippen molar-refractivity contribution < 1.29 is 9.47 Å². The van der Waals surface area contributed by atoms with E-state index < -0.39 is 0 Å². The minimum atomic E-state index is 0.126. The normalized spacial score (nSPS) is 20.1. The van der Waals surface area contributed by atoms with E-state index in [1.165, 1.54) is 5.56 Å². The van der Waals surface area contributed by atoms with Crippen molar-refractivity contribution in [3.63, 3.8) is 0 Å². The van der Waals surface area contributed by atoms with Gasteiger partial charge in [-0.15, -0.1) is 0 Å². The van der Waals surface area contributed by atoms with Crippen molar-refractivity contribution in [1.29, 1.82) is 0 Å². The lowest BCUT2D eigenvalue weighted by atomic mass is 9.86. The zero-order chi connectivity index (χ0) is 10.9. The molecule has 1 atom stereocenters. The molecule has 0 spiro atoms. The van der Waals surface area contributed by atoms with Gasteiger partial charge in [0.1, 0.15) is 18.5 Å². The Hall–Kier alpha value is -1.02. The Morgan fingerprint density at radius 3 is 2.60 bits per heavy atom. The van der Waals surface area contributed by atoms with Crippen LogP contribution in [-0.4, -0.2) is 19.3 Å². The molecule has 1 fully saturated rings. The Balaban J connectivity index is 2.13. The summed E-state index contributed by atoms with van der Waals surface area (Å²) in [5.74, 6) is 0.987. The molecule has 0 aromatic heterocycles. The van der Waals surface area contributed by atoms with Gasteiger partial charge < -0.3 is 9.47 Å². The minimum absolute atomic E-state index is 0.126. The maximum atomic E-state index is 5.76. The molecule has 2 nitrogen and oxygen atoms in total. The molecule has 0 saturated carbocycles. The predicted octanol–water partition coefficient (Wildman–Crippen LogP) is 2.76. The maximum absolute atomic E-state index is 5.76. The Morgan fingerprint density at radius 2 is 2.00 bits per heavy atom. The Morgan fingerprint density at radius 1 is 1.33 bits per heavy atom. The molecule has 2 rings (SSSR count). The van der Waals surface area contributed by atoms with E-state index in [0.717, 1.165) is 12.4 Å². The second-order valence-electron chi connectivity index (χ2n) is 5.01. The van der Waals surface area contributed by atoms with E-state index in [0.29, 0.717) is 12.7 Å². The van der Waals surface area contributed by atoms with Crippen LogP contribution in [0.1, 0.15) is 26.3 Å². The lowest BCUT2D eigenvalue weighted by Gasteiger charge is -2.22. The van der Waals surface area contributed by atoms with E-state index in [4.69, 9.17) is 9.47 Å². The molecule has 0 unspecified atom stereocenters. The van der Waals surface area contributed by atoms with E-state index in [9.17, 15) is 0 Å². The quantitative estimate of drug-likeness (QED) is 0.709. The molecule has 0 amide bonds. The van der Waals surface area contributed by atoms with Crippen LogP contribution in [0.2, 0.25) is 0 Å². The number of rotatable bonds is 3. The maximum Gasteiger partial charge on any atom is 0.123 e. The molecule has 0 aliphatic carbocycles. The molecule has 1 saturated heterocycles. The summed E-state index contributed by atoms with van der Waals surface area (Å²) >= 11 is 0. The van der Waals surface area contributed by atoms with E-state index in [1.54, 1.807) is 0 Å². The molecule has 0 N–H and O–H groups in total. The first-order chi connectivity index (χ1) is 7.07. The summed E-state index contributed by atoms with van der Waals surface area (Å²) in [5, 5.41) is 0. The number of hydrogen-bond donors (Lipinski definition) is 0. The highest BCUT2D eigenvalue weighted by Gasteiger charge is 2.24. The zero-order valence-electron chi connectivity index (χ0n) is 9.62. The molecule has 82 valence electrons. The van der Waals surface area contributed by atoms with Gasteiger partial charge in [-0.2, -0.15) is 0 Å². The van der Waals surface area contributed by atoms with E-state index in [1.807, 2.05) is 12.1 Å². The smallest absolute Gasteiger partial charge is 0.123 e. The van der Waals surface area contributed by atoms with Crippen LogP contribution in [0, 0.1) is 0 Å². The highest BCUT2D eigenvalue weighted by atomic mass is 16.6. The van der Waals surface area contributed by atoms with Crippen LogP contribution in [0.3, 0.4) is 0 Å². The summed E-state index contributed by atoms with van der Waals surface area (Å²) in [6, 6.07) is 8.23. The third kappa shape index (κ3) is 2.72. The van der Waals surface area contributed by atoms with Crippen LogP contribution in [0.15, 0.2) is 24.3 Å². The molecular formula is C13H18O2. The van der Waals surface area contributed by atoms with Gasteiger partial charge >= 0.3 is 0 Å². The van der Waals surface area contributed by atoms with Gasteiger partial charge in [0.15, 0.2) is 0 Å². The first-order valence-corrected chi connectivity index (χ1v) is 5.41. The molecule has 1 aliphatic heterocycles. The Kier molecular flexibility index (Phi) is 2.70. The lowest BCUT2D eigenvalue weighted by molar-refractivity contribution is 0.258. The molecule has 2 heteroatoms. The molecule has 1 aromatic carbocycles. The third-order valence-electron chi connectivity index (χ3n) is 2.52. The van der Waals surface area contributed by atoms with Gasteiger partial charge in [0.05, 0.1) is 6.61 Å². The highest BCUT2D eigenvalue weighted by Crippen LogP contribution is 2.31. The molecule has 0 bridgehead atoms. The average molecular weight is 206 g/mol. The fraction of sp³-hybridized carbons (Fsp3) is 0.538. The van der Waals surface area contributed by atoms with Crippen LogP contribution >= 0.6 is 0 Å². The number of hydrogen-bond acceptors (Lipinski definition) is 2. The van der Waals surface area contributed by atoms with Gasteiger partial charge in [0, 0.05) is 0 Å². The van der Waals surface area contributed by atoms with Crippen molar-refractivity contribution in [2.45, 2.75) is 32.3 Å². The summed E-state index contributed by atoms with van der Waals surface area (Å²) in [7, 11) is 0. The Bertz CT molecular complexity index is 335. The van der Waals surface area contributed by atoms with Crippen molar-refractivity contribution >= 4 is 0 Å². The van der Waals surface area contributed by atoms with Gasteiger partial charge in [-0.1, -0.05) is 39.0 Å². The second kappa shape index (κ2) is 3.86. The first-order valence-electron chi connectivity index (χ1n) is 5.41. The van der Waals surface area contributed by atoms with Gasteiger partial charge in [-0.25, -0.2) is 0 Å².